The maximum absolute atomic E-state index is 12.2. The lowest BCUT2D eigenvalue weighted by Gasteiger charge is -2.42. The molecule has 2 aromatic rings. The predicted octanol–water partition coefficient (Wildman–Crippen LogP) is 2.00. The molecule has 0 bridgehead atoms. The van der Waals surface area contributed by atoms with E-state index in [4.69, 9.17) is 4.74 Å². The van der Waals surface area contributed by atoms with Crippen molar-refractivity contribution >= 4 is 17.5 Å². The van der Waals surface area contributed by atoms with Crippen molar-refractivity contribution in [2.24, 2.45) is 0 Å². The third-order valence-electron chi connectivity index (χ3n) is 4.55. The van der Waals surface area contributed by atoms with Gasteiger partial charge in [0.05, 0.1) is 18.2 Å². The highest BCUT2D eigenvalue weighted by atomic mass is 16.5. The number of benzene rings is 1. The van der Waals surface area contributed by atoms with Gasteiger partial charge in [0.2, 0.25) is 5.91 Å². The summed E-state index contributed by atoms with van der Waals surface area (Å²) in [4.78, 5) is 29.9. The van der Waals surface area contributed by atoms with Gasteiger partial charge < -0.3 is 20.1 Å². The van der Waals surface area contributed by atoms with Gasteiger partial charge in [-0.3, -0.25) is 14.6 Å². The van der Waals surface area contributed by atoms with Crippen LogP contribution < -0.4 is 5.32 Å². The molecule has 1 aromatic heterocycles. The summed E-state index contributed by atoms with van der Waals surface area (Å²) in [7, 11) is 0. The minimum atomic E-state index is -0.443. The number of carbonyl (C=O) groups is 2. The number of pyridine rings is 1. The molecule has 2 atom stereocenters. The molecule has 2 unspecified atom stereocenters. The van der Waals surface area contributed by atoms with Crippen molar-refractivity contribution in [1.29, 1.82) is 0 Å². The van der Waals surface area contributed by atoms with Crippen LogP contribution in [0.15, 0.2) is 48.8 Å². The summed E-state index contributed by atoms with van der Waals surface area (Å²) in [6.07, 6.45) is 2.69. The number of aliphatic hydroxyl groups excluding tert-OH is 1. The average molecular weight is 369 g/mol. The fourth-order valence-corrected chi connectivity index (χ4v) is 3.31. The molecule has 2 N–H and O–H groups in total. The number of hydrogen-bond donors (Lipinski definition) is 2. The number of rotatable bonds is 5. The number of nitrogens with zero attached hydrogens (tertiary/aromatic N) is 2. The molecule has 1 aromatic carbocycles. The molecule has 0 saturated carbocycles. The Morgan fingerprint density at radius 2 is 2.07 bits per heavy atom. The van der Waals surface area contributed by atoms with Crippen molar-refractivity contribution < 1.29 is 19.4 Å². The molecule has 1 aliphatic rings. The third-order valence-corrected chi connectivity index (χ3v) is 4.55. The smallest absolute Gasteiger partial charge is 0.257 e. The fourth-order valence-electron chi connectivity index (χ4n) is 3.31. The SMILES string of the molecule is CC(C)N1C(=O)COC(c2ccc(NC(=O)c3cccnc3)cc2)C1CO. The Morgan fingerprint density at radius 1 is 1.33 bits per heavy atom. The van der Waals surface area contributed by atoms with E-state index in [0.29, 0.717) is 11.3 Å². The number of aromatic nitrogens is 1. The number of amides is 2. The van der Waals surface area contributed by atoms with Crippen LogP contribution in [-0.4, -0.2) is 52.1 Å². The summed E-state index contributed by atoms with van der Waals surface area (Å²) in [5.74, 6) is -0.366. The zero-order valence-corrected chi connectivity index (χ0v) is 15.3. The molecule has 3 rings (SSSR count). The van der Waals surface area contributed by atoms with Crippen LogP contribution >= 0.6 is 0 Å². The highest BCUT2D eigenvalue weighted by molar-refractivity contribution is 6.04. The number of hydrogen-bond acceptors (Lipinski definition) is 5. The van der Waals surface area contributed by atoms with Gasteiger partial charge in [0.25, 0.3) is 5.91 Å². The lowest BCUT2D eigenvalue weighted by Crippen LogP contribution is -2.55. The zero-order chi connectivity index (χ0) is 19.4. The largest absolute Gasteiger partial charge is 0.394 e. The highest BCUT2D eigenvalue weighted by Gasteiger charge is 2.38. The van der Waals surface area contributed by atoms with E-state index >= 15 is 0 Å². The first-order valence-corrected chi connectivity index (χ1v) is 8.86. The van der Waals surface area contributed by atoms with Crippen molar-refractivity contribution in [3.8, 4) is 0 Å². The Morgan fingerprint density at radius 3 is 2.67 bits per heavy atom. The van der Waals surface area contributed by atoms with E-state index in [1.54, 1.807) is 35.4 Å². The van der Waals surface area contributed by atoms with E-state index in [0.717, 1.165) is 5.56 Å². The van der Waals surface area contributed by atoms with Crippen LogP contribution in [0.25, 0.3) is 0 Å². The van der Waals surface area contributed by atoms with E-state index in [2.05, 4.69) is 10.3 Å². The summed E-state index contributed by atoms with van der Waals surface area (Å²) >= 11 is 0. The van der Waals surface area contributed by atoms with Gasteiger partial charge in [-0.25, -0.2) is 0 Å². The molecule has 27 heavy (non-hydrogen) atoms. The van der Waals surface area contributed by atoms with Gasteiger partial charge >= 0.3 is 0 Å². The molecule has 2 amide bonds. The van der Waals surface area contributed by atoms with Crippen molar-refractivity contribution in [1.82, 2.24) is 9.88 Å². The van der Waals surface area contributed by atoms with Gasteiger partial charge in [-0.05, 0) is 43.7 Å². The van der Waals surface area contributed by atoms with Crippen LogP contribution in [0.5, 0.6) is 0 Å². The van der Waals surface area contributed by atoms with Gasteiger partial charge in [-0.2, -0.15) is 0 Å². The maximum atomic E-state index is 12.2. The van der Waals surface area contributed by atoms with Crippen LogP contribution in [0.1, 0.15) is 35.9 Å². The van der Waals surface area contributed by atoms with Gasteiger partial charge in [-0.15, -0.1) is 0 Å². The van der Waals surface area contributed by atoms with Gasteiger partial charge in [0, 0.05) is 24.1 Å². The Hall–Kier alpha value is -2.77. The molecule has 142 valence electrons. The first kappa shape index (κ1) is 19.0. The number of anilines is 1. The van der Waals surface area contributed by atoms with Crippen molar-refractivity contribution in [3.05, 3.63) is 59.9 Å². The molecule has 7 heteroatoms. The lowest BCUT2D eigenvalue weighted by atomic mass is 9.98. The monoisotopic (exact) mass is 369 g/mol. The average Bonchev–Trinajstić information content (AvgIpc) is 2.68. The number of carbonyl (C=O) groups excluding carboxylic acids is 2. The molecule has 0 radical (unpaired) electrons. The summed E-state index contributed by atoms with van der Waals surface area (Å²) in [5, 5.41) is 12.6. The molecular formula is C20H23N3O4. The van der Waals surface area contributed by atoms with E-state index in [1.807, 2.05) is 26.0 Å². The Balaban J connectivity index is 1.74. The second kappa shape index (κ2) is 8.28. The van der Waals surface area contributed by atoms with E-state index in [9.17, 15) is 14.7 Å². The maximum Gasteiger partial charge on any atom is 0.257 e. The molecular weight excluding hydrogens is 346 g/mol. The number of aliphatic hydroxyl groups is 1. The van der Waals surface area contributed by atoms with Crippen molar-refractivity contribution in [3.63, 3.8) is 0 Å². The topological polar surface area (TPSA) is 91.8 Å². The molecule has 7 nitrogen and oxygen atoms in total. The van der Waals surface area contributed by atoms with Crippen LogP contribution in [0.4, 0.5) is 5.69 Å². The summed E-state index contributed by atoms with van der Waals surface area (Å²) < 4.78 is 5.70. The number of morpholine rings is 1. The summed E-state index contributed by atoms with van der Waals surface area (Å²) in [6, 6.07) is 10.1. The molecule has 0 aliphatic carbocycles. The van der Waals surface area contributed by atoms with E-state index < -0.39 is 12.1 Å². The minimum Gasteiger partial charge on any atom is -0.394 e. The van der Waals surface area contributed by atoms with Crippen molar-refractivity contribution in [2.45, 2.75) is 32.0 Å². The number of ether oxygens (including phenoxy) is 1. The lowest BCUT2D eigenvalue weighted by molar-refractivity contribution is -0.164. The molecule has 1 aliphatic heterocycles. The molecule has 1 fully saturated rings. The third kappa shape index (κ3) is 4.15. The van der Waals surface area contributed by atoms with Crippen LogP contribution in [0, 0.1) is 0 Å². The predicted molar refractivity (Wildman–Crippen MR) is 100 cm³/mol. The Kier molecular flexibility index (Phi) is 5.83. The fraction of sp³-hybridized carbons (Fsp3) is 0.350. The second-order valence-electron chi connectivity index (χ2n) is 6.69. The second-order valence-corrected chi connectivity index (χ2v) is 6.69. The quantitative estimate of drug-likeness (QED) is 0.841. The van der Waals surface area contributed by atoms with Crippen molar-refractivity contribution in [2.75, 3.05) is 18.5 Å². The van der Waals surface area contributed by atoms with Crippen LogP contribution in [0.3, 0.4) is 0 Å². The first-order chi connectivity index (χ1) is 13.0. The zero-order valence-electron chi connectivity index (χ0n) is 15.3. The normalized spacial score (nSPS) is 20.0. The Labute approximate surface area is 158 Å². The summed E-state index contributed by atoms with van der Waals surface area (Å²) in [5.41, 5.74) is 1.95. The molecule has 0 spiro atoms. The van der Waals surface area contributed by atoms with Gasteiger partial charge in [-0.1, -0.05) is 12.1 Å². The molecule has 1 saturated heterocycles. The molecule has 2 heterocycles. The Bertz CT molecular complexity index is 793. The van der Waals surface area contributed by atoms with Crippen LogP contribution in [0.2, 0.25) is 0 Å². The van der Waals surface area contributed by atoms with Gasteiger partial charge in [0.15, 0.2) is 0 Å². The highest BCUT2D eigenvalue weighted by Crippen LogP contribution is 2.31. The minimum absolute atomic E-state index is 0.0150. The van der Waals surface area contributed by atoms with E-state index in [-0.39, 0.29) is 31.1 Å². The summed E-state index contributed by atoms with van der Waals surface area (Å²) in [6.45, 7) is 3.63. The standard InChI is InChI=1S/C20H23N3O4/c1-13(2)23-17(11-24)19(27-12-18(23)25)14-5-7-16(8-6-14)22-20(26)15-4-3-9-21-10-15/h3-10,13,17,19,24H,11-12H2,1-2H3,(H,22,26). The first-order valence-electron chi connectivity index (χ1n) is 8.86. The number of nitrogens with one attached hydrogen (secondary N) is 1. The van der Waals surface area contributed by atoms with Gasteiger partial charge in [0.1, 0.15) is 12.7 Å². The van der Waals surface area contributed by atoms with Crippen LogP contribution in [-0.2, 0) is 9.53 Å². The van der Waals surface area contributed by atoms with E-state index in [1.165, 1.54) is 6.20 Å².